The van der Waals surface area contributed by atoms with Crippen LogP contribution >= 0.6 is 0 Å². The third-order valence-corrected chi connectivity index (χ3v) is 10.5. The third kappa shape index (κ3) is 3.59. The van der Waals surface area contributed by atoms with Gasteiger partial charge in [-0.25, -0.2) is 0 Å². The van der Waals surface area contributed by atoms with Crippen molar-refractivity contribution in [2.45, 2.75) is 117 Å². The van der Waals surface area contributed by atoms with Crippen molar-refractivity contribution in [1.82, 2.24) is 0 Å². The second-order valence-corrected chi connectivity index (χ2v) is 12.3. The summed E-state index contributed by atoms with van der Waals surface area (Å²) in [6.45, 7) is 9.72. The van der Waals surface area contributed by atoms with Crippen molar-refractivity contribution in [1.29, 1.82) is 0 Å². The molecule has 0 aromatic rings. The summed E-state index contributed by atoms with van der Waals surface area (Å²) in [5.74, 6) is 4.88. The fraction of sp³-hybridized carbons (Fsp3) is 1.00. The summed E-state index contributed by atoms with van der Waals surface area (Å²) in [4.78, 5) is 0. The van der Waals surface area contributed by atoms with Gasteiger partial charge in [0.15, 0.2) is 0 Å². The Morgan fingerprint density at radius 2 is 1.57 bits per heavy atom. The molecule has 0 amide bonds. The summed E-state index contributed by atoms with van der Waals surface area (Å²) >= 11 is 0. The Bertz CT molecular complexity index is 545. The van der Waals surface area contributed by atoms with Crippen LogP contribution < -0.4 is 0 Å². The highest BCUT2D eigenvalue weighted by molar-refractivity contribution is 5.09. The van der Waals surface area contributed by atoms with Gasteiger partial charge >= 0.3 is 0 Å². The van der Waals surface area contributed by atoms with Crippen LogP contribution in [0.2, 0.25) is 0 Å². The zero-order chi connectivity index (χ0) is 20.1. The number of rotatable bonds is 5. The van der Waals surface area contributed by atoms with Gasteiger partial charge in [0.25, 0.3) is 0 Å². The van der Waals surface area contributed by atoms with Crippen LogP contribution in [0.4, 0.5) is 0 Å². The van der Waals surface area contributed by atoms with E-state index in [-0.39, 0.29) is 12.2 Å². The summed E-state index contributed by atoms with van der Waals surface area (Å²) in [7, 11) is 0. The van der Waals surface area contributed by atoms with Crippen LogP contribution in [0.15, 0.2) is 0 Å². The van der Waals surface area contributed by atoms with Gasteiger partial charge in [-0.3, -0.25) is 0 Å². The van der Waals surface area contributed by atoms with E-state index in [0.29, 0.717) is 16.7 Å². The van der Waals surface area contributed by atoms with Gasteiger partial charge < -0.3 is 10.2 Å². The molecule has 2 N–H and O–H groups in total. The molecule has 0 bridgehead atoms. The first-order valence-corrected chi connectivity index (χ1v) is 12.6. The summed E-state index contributed by atoms with van der Waals surface area (Å²) in [6.07, 6.45) is 14.7. The van der Waals surface area contributed by atoms with E-state index in [1.807, 2.05) is 0 Å². The Hall–Kier alpha value is -0.0800. The molecule has 0 aliphatic heterocycles. The summed E-state index contributed by atoms with van der Waals surface area (Å²) in [5.41, 5.74) is 0.954. The largest absolute Gasteiger partial charge is 0.393 e. The average Bonchev–Trinajstić information content (AvgIpc) is 2.97. The minimum Gasteiger partial charge on any atom is -0.393 e. The van der Waals surface area contributed by atoms with E-state index in [1.54, 1.807) is 0 Å². The maximum Gasteiger partial charge on any atom is 0.0543 e. The van der Waals surface area contributed by atoms with E-state index in [0.717, 1.165) is 61.7 Å². The van der Waals surface area contributed by atoms with E-state index < -0.39 is 0 Å². The molecule has 4 aliphatic carbocycles. The number of aliphatic hydroxyl groups is 2. The lowest BCUT2D eigenvalue weighted by atomic mass is 9.44. The predicted molar refractivity (Wildman–Crippen MR) is 116 cm³/mol. The maximum atomic E-state index is 10.7. The van der Waals surface area contributed by atoms with E-state index in [1.165, 1.54) is 44.9 Å². The molecule has 0 heterocycles. The Morgan fingerprint density at radius 1 is 0.857 bits per heavy atom. The first-order valence-electron chi connectivity index (χ1n) is 12.6. The van der Waals surface area contributed by atoms with Crippen molar-refractivity contribution in [3.8, 4) is 0 Å². The van der Waals surface area contributed by atoms with Gasteiger partial charge in [-0.05, 0) is 123 Å². The number of hydrogen-bond acceptors (Lipinski definition) is 2. The Kier molecular flexibility index (Phi) is 5.95. The van der Waals surface area contributed by atoms with Gasteiger partial charge in [0.1, 0.15) is 0 Å². The minimum atomic E-state index is -0.0891. The Balaban J connectivity index is 1.45. The maximum absolute atomic E-state index is 10.7. The molecule has 9 atom stereocenters. The molecule has 0 aromatic heterocycles. The molecule has 28 heavy (non-hydrogen) atoms. The summed E-state index contributed by atoms with van der Waals surface area (Å²) in [6, 6.07) is 0. The van der Waals surface area contributed by atoms with Crippen molar-refractivity contribution in [3.63, 3.8) is 0 Å². The molecule has 162 valence electrons. The van der Waals surface area contributed by atoms with Crippen LogP contribution in [-0.4, -0.2) is 22.4 Å². The van der Waals surface area contributed by atoms with Crippen LogP contribution in [0.1, 0.15) is 105 Å². The van der Waals surface area contributed by atoms with Crippen LogP contribution in [-0.2, 0) is 0 Å². The predicted octanol–water partition coefficient (Wildman–Crippen LogP) is 6.19. The van der Waals surface area contributed by atoms with Crippen molar-refractivity contribution >= 4 is 0 Å². The molecule has 2 heteroatoms. The molecule has 4 fully saturated rings. The van der Waals surface area contributed by atoms with Crippen LogP contribution in [0.5, 0.6) is 0 Å². The zero-order valence-corrected chi connectivity index (χ0v) is 19.0. The topological polar surface area (TPSA) is 40.5 Å². The molecule has 4 rings (SSSR count). The lowest BCUT2D eigenvalue weighted by Crippen LogP contribution is -2.54. The lowest BCUT2D eigenvalue weighted by Gasteiger charge is -2.61. The lowest BCUT2D eigenvalue weighted by molar-refractivity contribution is -0.128. The van der Waals surface area contributed by atoms with Gasteiger partial charge in [-0.2, -0.15) is 0 Å². The SMILES string of the molecule is CC(C)CCC(O)C[C@H]1CCC2C3CCC4C[C@@H](O)CCC4(C)C3CC[C@@]21C. The van der Waals surface area contributed by atoms with Crippen molar-refractivity contribution in [2.75, 3.05) is 0 Å². The van der Waals surface area contributed by atoms with Crippen molar-refractivity contribution < 1.29 is 10.2 Å². The van der Waals surface area contributed by atoms with Crippen molar-refractivity contribution in [3.05, 3.63) is 0 Å². The molecule has 0 radical (unpaired) electrons. The Labute approximate surface area is 173 Å². The van der Waals surface area contributed by atoms with Gasteiger partial charge in [-0.1, -0.05) is 27.7 Å². The van der Waals surface area contributed by atoms with Crippen LogP contribution in [0, 0.1) is 46.3 Å². The van der Waals surface area contributed by atoms with Gasteiger partial charge in [0.05, 0.1) is 12.2 Å². The zero-order valence-electron chi connectivity index (χ0n) is 19.0. The van der Waals surface area contributed by atoms with Gasteiger partial charge in [0.2, 0.25) is 0 Å². The summed E-state index contributed by atoms with van der Waals surface area (Å²) in [5, 5.41) is 20.9. The number of aliphatic hydroxyl groups excluding tert-OH is 2. The molecule has 2 nitrogen and oxygen atoms in total. The molecule has 0 saturated heterocycles. The number of hydrogen-bond donors (Lipinski definition) is 2. The van der Waals surface area contributed by atoms with Crippen LogP contribution in [0.3, 0.4) is 0 Å². The highest BCUT2D eigenvalue weighted by Gasteiger charge is 2.60. The third-order valence-electron chi connectivity index (χ3n) is 10.5. The van der Waals surface area contributed by atoms with E-state index in [2.05, 4.69) is 27.7 Å². The van der Waals surface area contributed by atoms with Gasteiger partial charge in [-0.15, -0.1) is 0 Å². The smallest absolute Gasteiger partial charge is 0.0543 e. The molecule has 4 saturated carbocycles. The quantitative estimate of drug-likeness (QED) is 0.587. The van der Waals surface area contributed by atoms with E-state index in [4.69, 9.17) is 0 Å². The normalized spacial score (nSPS) is 49.4. The molecule has 6 unspecified atom stereocenters. The van der Waals surface area contributed by atoms with E-state index >= 15 is 0 Å². The highest BCUT2D eigenvalue weighted by atomic mass is 16.3. The van der Waals surface area contributed by atoms with Crippen LogP contribution in [0.25, 0.3) is 0 Å². The van der Waals surface area contributed by atoms with E-state index in [9.17, 15) is 10.2 Å². The number of fused-ring (bicyclic) bond motifs is 5. The van der Waals surface area contributed by atoms with Crippen molar-refractivity contribution in [2.24, 2.45) is 46.3 Å². The highest BCUT2D eigenvalue weighted by Crippen LogP contribution is 2.67. The average molecular weight is 391 g/mol. The second-order valence-electron chi connectivity index (χ2n) is 12.3. The monoisotopic (exact) mass is 390 g/mol. The molecule has 0 spiro atoms. The first-order chi connectivity index (χ1) is 13.2. The fourth-order valence-corrected chi connectivity index (χ4v) is 8.70. The van der Waals surface area contributed by atoms with Gasteiger partial charge in [0, 0.05) is 0 Å². The fourth-order valence-electron chi connectivity index (χ4n) is 8.70. The molecule has 4 aliphatic rings. The second kappa shape index (κ2) is 7.88. The first kappa shape index (κ1) is 21.2. The molecular formula is C26H46O2. The molecule has 0 aromatic carbocycles. The standard InChI is InChI=1S/C26H46O2/c1-17(2)5-8-20(27)15-19-7-10-23-22-9-6-18-16-21(28)11-13-25(18,3)24(22)12-14-26(19,23)4/h17-24,27-28H,5-16H2,1-4H3/t18?,19-,20?,21+,22?,23?,24?,25?,26-/m1/s1. The Morgan fingerprint density at radius 3 is 2.32 bits per heavy atom. The molecular weight excluding hydrogens is 344 g/mol. The minimum absolute atomic E-state index is 0.0355. The summed E-state index contributed by atoms with van der Waals surface area (Å²) < 4.78 is 0.